The predicted octanol–water partition coefficient (Wildman–Crippen LogP) is 7.26. The first-order valence-corrected chi connectivity index (χ1v) is 13.0. The molecule has 3 aromatic carbocycles. The van der Waals surface area contributed by atoms with Crippen molar-refractivity contribution in [3.63, 3.8) is 0 Å². The molecule has 4 rings (SSSR count). The summed E-state index contributed by atoms with van der Waals surface area (Å²) < 4.78 is 7.83. The highest BCUT2D eigenvalue weighted by Gasteiger charge is 2.34. The molecule has 0 fully saturated rings. The minimum Gasteiger partial charge on any atom is -0.489 e. The van der Waals surface area contributed by atoms with Gasteiger partial charge in [0, 0.05) is 12.1 Å². The van der Waals surface area contributed by atoms with Gasteiger partial charge in [-0.05, 0) is 46.0 Å². The molecular formula is C32H36N2O4. The number of aromatic nitrogens is 1. The number of pyridine rings is 1. The molecule has 1 unspecified atom stereocenters. The quantitative estimate of drug-likeness (QED) is 0.260. The van der Waals surface area contributed by atoms with E-state index in [1.807, 2.05) is 99.6 Å². The Labute approximate surface area is 223 Å². The first kappa shape index (κ1) is 27.0. The Balaban J connectivity index is 2.01. The first-order valence-electron chi connectivity index (χ1n) is 13.0. The number of amides is 1. The van der Waals surface area contributed by atoms with Gasteiger partial charge in [0.25, 0.3) is 5.56 Å². The number of carbonyl (C=O) groups is 1. The van der Waals surface area contributed by atoms with E-state index in [9.17, 15) is 14.7 Å². The van der Waals surface area contributed by atoms with E-state index in [4.69, 9.17) is 4.74 Å². The van der Waals surface area contributed by atoms with Crippen LogP contribution in [0.5, 0.6) is 5.75 Å². The summed E-state index contributed by atoms with van der Waals surface area (Å²) in [7, 11) is 0. The highest BCUT2D eigenvalue weighted by molar-refractivity contribution is 5.98. The van der Waals surface area contributed by atoms with E-state index >= 15 is 0 Å². The zero-order valence-corrected chi connectivity index (χ0v) is 22.7. The topological polar surface area (TPSA) is 80.6 Å². The van der Waals surface area contributed by atoms with Crippen LogP contribution < -0.4 is 15.6 Å². The molecule has 198 valence electrons. The van der Waals surface area contributed by atoms with Crippen LogP contribution in [0.15, 0.2) is 83.7 Å². The number of nitrogens with one attached hydrogen (secondary N) is 1. The molecule has 0 saturated heterocycles. The maximum atomic E-state index is 14.1. The summed E-state index contributed by atoms with van der Waals surface area (Å²) in [5.74, 6) is 0.771. The van der Waals surface area contributed by atoms with E-state index in [0.717, 1.165) is 22.1 Å². The van der Waals surface area contributed by atoms with Gasteiger partial charge in [0.1, 0.15) is 12.4 Å². The van der Waals surface area contributed by atoms with Crippen LogP contribution in [0.25, 0.3) is 21.9 Å². The number of hydrogen-bond donors (Lipinski definition) is 2. The average molecular weight is 513 g/mol. The first-order chi connectivity index (χ1) is 18.1. The fraction of sp³-hybridized carbons (Fsp3) is 0.312. The van der Waals surface area contributed by atoms with E-state index in [2.05, 4.69) is 19.2 Å². The Hall–Kier alpha value is -4.06. The number of hydrogen-bond acceptors (Lipinski definition) is 3. The largest absolute Gasteiger partial charge is 0.489 e. The number of benzene rings is 3. The molecule has 6 nitrogen and oxygen atoms in total. The lowest BCUT2D eigenvalue weighted by Crippen LogP contribution is -2.40. The molecule has 0 aliphatic heterocycles. The van der Waals surface area contributed by atoms with E-state index in [-0.39, 0.29) is 11.5 Å². The minimum atomic E-state index is -1.13. The molecule has 1 aromatic heterocycles. The second-order valence-electron chi connectivity index (χ2n) is 11.2. The average Bonchev–Trinajstić information content (AvgIpc) is 2.88. The molecule has 0 radical (unpaired) electrons. The molecule has 0 spiro atoms. The van der Waals surface area contributed by atoms with Gasteiger partial charge in [0.2, 0.25) is 0 Å². The summed E-state index contributed by atoms with van der Waals surface area (Å²) in [6, 6.07) is 24.7. The molecule has 4 aromatic rings. The third kappa shape index (κ3) is 5.91. The summed E-state index contributed by atoms with van der Waals surface area (Å²) in [6.45, 7) is 10.9. The van der Waals surface area contributed by atoms with Crippen molar-refractivity contribution in [2.24, 2.45) is 11.3 Å². The number of carboxylic acid groups (broad SMARTS) is 1. The highest BCUT2D eigenvalue weighted by Crippen LogP contribution is 2.41. The molecule has 38 heavy (non-hydrogen) atoms. The van der Waals surface area contributed by atoms with Crippen molar-refractivity contribution in [3.05, 3.63) is 100 Å². The molecule has 6 heteroatoms. The van der Waals surface area contributed by atoms with Gasteiger partial charge in [-0.3, -0.25) is 4.79 Å². The fourth-order valence-electron chi connectivity index (χ4n) is 4.85. The Bertz CT molecular complexity index is 1470. The van der Waals surface area contributed by atoms with E-state index < -0.39 is 17.6 Å². The second-order valence-corrected chi connectivity index (χ2v) is 11.2. The van der Waals surface area contributed by atoms with Crippen LogP contribution in [-0.2, 0) is 13.2 Å². The maximum Gasteiger partial charge on any atom is 0.405 e. The standard InChI is InChI=1S/C32H36N2O4/c1-21(2)19-34-28(29(32(3,4)5)33-31(36)37)27(23-14-10-7-11-15-23)25-17-16-24(18-26(25)30(34)35)38-20-22-12-8-6-9-13-22/h6-18,21,29,33H,19-20H2,1-5H3,(H,36,37). The van der Waals surface area contributed by atoms with Crippen LogP contribution in [0.4, 0.5) is 4.79 Å². The molecule has 1 heterocycles. The number of rotatable bonds is 8. The molecule has 0 aliphatic rings. The van der Waals surface area contributed by atoms with Crippen molar-refractivity contribution >= 4 is 16.9 Å². The zero-order valence-electron chi connectivity index (χ0n) is 22.7. The zero-order chi connectivity index (χ0) is 27.4. The summed E-state index contributed by atoms with van der Waals surface area (Å²) in [6.07, 6.45) is -1.13. The molecule has 0 saturated carbocycles. The molecule has 1 atom stereocenters. The van der Waals surface area contributed by atoms with Crippen molar-refractivity contribution in [1.82, 2.24) is 9.88 Å². The molecule has 1 amide bonds. The van der Waals surface area contributed by atoms with Gasteiger partial charge in [-0.2, -0.15) is 0 Å². The van der Waals surface area contributed by atoms with Crippen molar-refractivity contribution in [1.29, 1.82) is 0 Å². The molecule has 2 N–H and O–H groups in total. The lowest BCUT2D eigenvalue weighted by Gasteiger charge is -2.35. The Morgan fingerprint density at radius 3 is 2.16 bits per heavy atom. The van der Waals surface area contributed by atoms with Gasteiger partial charge in [-0.15, -0.1) is 0 Å². The number of ether oxygens (including phenoxy) is 1. The Morgan fingerprint density at radius 1 is 0.947 bits per heavy atom. The van der Waals surface area contributed by atoms with E-state index in [1.165, 1.54) is 0 Å². The van der Waals surface area contributed by atoms with Gasteiger partial charge >= 0.3 is 6.09 Å². The van der Waals surface area contributed by atoms with Crippen molar-refractivity contribution in [2.75, 3.05) is 0 Å². The van der Waals surface area contributed by atoms with Crippen molar-refractivity contribution < 1.29 is 14.6 Å². The lowest BCUT2D eigenvalue weighted by molar-refractivity contribution is 0.172. The Kier molecular flexibility index (Phi) is 7.91. The van der Waals surface area contributed by atoms with Crippen LogP contribution >= 0.6 is 0 Å². The fourth-order valence-corrected chi connectivity index (χ4v) is 4.85. The minimum absolute atomic E-state index is 0.157. The van der Waals surface area contributed by atoms with Crippen molar-refractivity contribution in [2.45, 2.75) is 53.8 Å². The van der Waals surface area contributed by atoms with Crippen LogP contribution in [0.3, 0.4) is 0 Å². The Morgan fingerprint density at radius 2 is 1.58 bits per heavy atom. The normalized spacial score (nSPS) is 12.5. The van der Waals surface area contributed by atoms with E-state index in [1.54, 1.807) is 4.57 Å². The predicted molar refractivity (Wildman–Crippen MR) is 153 cm³/mol. The summed E-state index contributed by atoms with van der Waals surface area (Å²) in [5.41, 5.74) is 2.83. The van der Waals surface area contributed by atoms with Crippen LogP contribution in [0.1, 0.15) is 51.9 Å². The highest BCUT2D eigenvalue weighted by atomic mass is 16.5. The summed E-state index contributed by atoms with van der Waals surface area (Å²) >= 11 is 0. The van der Waals surface area contributed by atoms with Gasteiger partial charge in [0.15, 0.2) is 0 Å². The van der Waals surface area contributed by atoms with Gasteiger partial charge in [-0.25, -0.2) is 4.79 Å². The van der Waals surface area contributed by atoms with Gasteiger partial charge in [-0.1, -0.05) is 95.3 Å². The van der Waals surface area contributed by atoms with Gasteiger partial charge < -0.3 is 19.7 Å². The van der Waals surface area contributed by atoms with Crippen LogP contribution in [0.2, 0.25) is 0 Å². The van der Waals surface area contributed by atoms with Crippen LogP contribution in [0, 0.1) is 11.3 Å². The monoisotopic (exact) mass is 512 g/mol. The summed E-state index contributed by atoms with van der Waals surface area (Å²) in [4.78, 5) is 26.1. The molecule has 0 aliphatic carbocycles. The van der Waals surface area contributed by atoms with Crippen molar-refractivity contribution in [3.8, 4) is 16.9 Å². The lowest BCUT2D eigenvalue weighted by atomic mass is 9.80. The summed E-state index contributed by atoms with van der Waals surface area (Å²) in [5, 5.41) is 13.8. The van der Waals surface area contributed by atoms with E-state index in [0.29, 0.717) is 30.0 Å². The molecular weight excluding hydrogens is 476 g/mol. The van der Waals surface area contributed by atoms with Gasteiger partial charge in [0.05, 0.1) is 17.1 Å². The SMILES string of the molecule is CC(C)Cn1c(C(NC(=O)O)C(C)(C)C)c(-c2ccccc2)c2ccc(OCc3ccccc3)cc2c1=O. The smallest absolute Gasteiger partial charge is 0.405 e. The number of fused-ring (bicyclic) bond motifs is 1. The maximum absolute atomic E-state index is 14.1. The number of nitrogens with zero attached hydrogens (tertiary/aromatic N) is 1. The van der Waals surface area contributed by atoms with Crippen LogP contribution in [-0.4, -0.2) is 15.8 Å². The molecule has 0 bridgehead atoms. The third-order valence-electron chi connectivity index (χ3n) is 6.55. The third-order valence-corrected chi connectivity index (χ3v) is 6.55. The second kappa shape index (κ2) is 11.1.